The molecule has 11 heteroatoms. The Bertz CT molecular complexity index is 1060. The van der Waals surface area contributed by atoms with E-state index in [9.17, 15) is 19.7 Å². The first kappa shape index (κ1) is 28.6. The minimum atomic E-state index is -0.608. The SMILES string of the molecule is CC1OC(C2(Sc3ccc(C(=O)N(C(C)C)[C@@H]4CCCN(C(=O)OC(C)(C)C)C4)cc3[N+](=O)[O-])CCC2)O1. The number of nitro benzene ring substituents is 1. The number of benzene rings is 1. The molecular formula is C27H39N3O7S. The van der Waals surface area contributed by atoms with Crippen molar-refractivity contribution in [3.63, 3.8) is 0 Å². The van der Waals surface area contributed by atoms with Gasteiger partial charge in [0.05, 0.1) is 20.6 Å². The van der Waals surface area contributed by atoms with Crippen LogP contribution in [0.15, 0.2) is 23.1 Å². The van der Waals surface area contributed by atoms with Crippen molar-refractivity contribution in [3.05, 3.63) is 33.9 Å². The van der Waals surface area contributed by atoms with Crippen LogP contribution in [0.3, 0.4) is 0 Å². The van der Waals surface area contributed by atoms with Crippen LogP contribution < -0.4 is 0 Å². The van der Waals surface area contributed by atoms with E-state index in [1.807, 2.05) is 41.5 Å². The second-order valence-electron chi connectivity index (χ2n) is 11.7. The van der Waals surface area contributed by atoms with Gasteiger partial charge in [-0.15, -0.1) is 11.8 Å². The number of piperidine rings is 1. The maximum absolute atomic E-state index is 13.8. The van der Waals surface area contributed by atoms with Crippen LogP contribution in [-0.4, -0.2) is 74.8 Å². The topological polar surface area (TPSA) is 111 Å². The van der Waals surface area contributed by atoms with Gasteiger partial charge in [0.25, 0.3) is 11.6 Å². The molecule has 0 spiro atoms. The van der Waals surface area contributed by atoms with E-state index in [4.69, 9.17) is 14.2 Å². The molecule has 4 rings (SSSR count). The Hall–Kier alpha value is -2.37. The van der Waals surface area contributed by atoms with Crippen molar-refractivity contribution in [2.75, 3.05) is 13.1 Å². The molecule has 38 heavy (non-hydrogen) atoms. The van der Waals surface area contributed by atoms with Crippen molar-refractivity contribution in [2.24, 2.45) is 0 Å². The summed E-state index contributed by atoms with van der Waals surface area (Å²) in [4.78, 5) is 42.0. The second kappa shape index (κ2) is 11.0. The summed E-state index contributed by atoms with van der Waals surface area (Å²) in [5, 5.41) is 12.1. The predicted molar refractivity (Wildman–Crippen MR) is 143 cm³/mol. The summed E-state index contributed by atoms with van der Waals surface area (Å²) in [7, 11) is 0. The first-order valence-electron chi connectivity index (χ1n) is 13.4. The number of hydrogen-bond donors (Lipinski definition) is 0. The highest BCUT2D eigenvalue weighted by molar-refractivity contribution is 8.01. The van der Waals surface area contributed by atoms with E-state index < -0.39 is 16.6 Å². The lowest BCUT2D eigenvalue weighted by Crippen LogP contribution is -2.56. The Balaban J connectivity index is 1.53. The average molecular weight is 550 g/mol. The average Bonchev–Trinajstić information content (AvgIpc) is 2.78. The first-order chi connectivity index (χ1) is 17.8. The van der Waals surface area contributed by atoms with E-state index in [1.54, 1.807) is 21.9 Å². The van der Waals surface area contributed by atoms with Gasteiger partial charge in [0.1, 0.15) is 5.60 Å². The van der Waals surface area contributed by atoms with Crippen molar-refractivity contribution in [2.45, 2.75) is 114 Å². The standard InChI is InChI=1S/C27H39N3O7S/c1-17(2)29(20-9-7-14-28(16-20)25(32)37-26(4,5)6)23(31)19-10-11-22(21(15-19)30(33)34)38-27(12-8-13-27)24-35-18(3)36-24/h10-11,15,17-18,20,24H,7-9,12-14,16H2,1-6H3/t18?,20-,24?/m1/s1. The van der Waals surface area contributed by atoms with E-state index in [2.05, 4.69) is 0 Å². The highest BCUT2D eigenvalue weighted by Gasteiger charge is 2.52. The molecule has 210 valence electrons. The van der Waals surface area contributed by atoms with E-state index in [-0.39, 0.29) is 46.6 Å². The molecule has 1 aliphatic carbocycles. The molecule has 2 amide bonds. The van der Waals surface area contributed by atoms with Gasteiger partial charge in [-0.25, -0.2) is 4.79 Å². The van der Waals surface area contributed by atoms with Gasteiger partial charge in [-0.3, -0.25) is 14.9 Å². The van der Waals surface area contributed by atoms with Gasteiger partial charge in [0.2, 0.25) is 0 Å². The number of likely N-dealkylation sites (tertiary alicyclic amines) is 1. The zero-order valence-corrected chi connectivity index (χ0v) is 23.9. The predicted octanol–water partition coefficient (Wildman–Crippen LogP) is 5.58. The maximum atomic E-state index is 13.8. The second-order valence-corrected chi connectivity index (χ2v) is 13.1. The summed E-state index contributed by atoms with van der Waals surface area (Å²) in [5.41, 5.74) is -0.442. The molecule has 1 aromatic carbocycles. The Labute approximate surface area is 228 Å². The van der Waals surface area contributed by atoms with Gasteiger partial charge in [-0.05, 0) is 79.4 Å². The number of amides is 2. The van der Waals surface area contributed by atoms with Crippen LogP contribution in [0.1, 0.15) is 84.0 Å². The highest BCUT2D eigenvalue weighted by Crippen LogP contribution is 2.55. The quantitative estimate of drug-likeness (QED) is 0.320. The van der Waals surface area contributed by atoms with Gasteiger partial charge in [0, 0.05) is 30.8 Å². The Kier molecular flexibility index (Phi) is 8.30. The maximum Gasteiger partial charge on any atom is 0.410 e. The molecule has 0 radical (unpaired) electrons. The van der Waals surface area contributed by atoms with Crippen molar-refractivity contribution in [1.82, 2.24) is 9.80 Å². The fourth-order valence-corrected chi connectivity index (χ4v) is 6.77. The minimum Gasteiger partial charge on any atom is -0.444 e. The van der Waals surface area contributed by atoms with Crippen LogP contribution in [0.2, 0.25) is 0 Å². The molecule has 0 bridgehead atoms. The van der Waals surface area contributed by atoms with Crippen LogP contribution in [0.4, 0.5) is 10.5 Å². The molecule has 1 aromatic rings. The number of thioether (sulfide) groups is 1. The number of rotatable bonds is 7. The summed E-state index contributed by atoms with van der Waals surface area (Å²) < 4.78 is 16.7. The van der Waals surface area contributed by atoms with E-state index >= 15 is 0 Å². The molecular weight excluding hydrogens is 510 g/mol. The summed E-state index contributed by atoms with van der Waals surface area (Å²) in [5.74, 6) is -0.284. The highest BCUT2D eigenvalue weighted by atomic mass is 32.2. The lowest BCUT2D eigenvalue weighted by Gasteiger charge is -2.51. The third-order valence-electron chi connectivity index (χ3n) is 7.21. The van der Waals surface area contributed by atoms with Crippen LogP contribution in [0.25, 0.3) is 0 Å². The van der Waals surface area contributed by atoms with Crippen LogP contribution >= 0.6 is 11.8 Å². The van der Waals surface area contributed by atoms with Crippen LogP contribution in [0, 0.1) is 10.1 Å². The summed E-state index contributed by atoms with van der Waals surface area (Å²) in [6.07, 6.45) is 3.15. The van der Waals surface area contributed by atoms with Gasteiger partial charge < -0.3 is 24.0 Å². The van der Waals surface area contributed by atoms with Gasteiger partial charge in [-0.1, -0.05) is 6.42 Å². The number of carbonyl (C=O) groups is 2. The lowest BCUT2D eigenvalue weighted by molar-refractivity contribution is -0.391. The van der Waals surface area contributed by atoms with Gasteiger partial charge in [0.15, 0.2) is 12.6 Å². The fraction of sp³-hybridized carbons (Fsp3) is 0.704. The van der Waals surface area contributed by atoms with E-state index in [0.717, 1.165) is 32.1 Å². The molecule has 0 aromatic heterocycles. The zero-order chi connectivity index (χ0) is 27.8. The molecule has 2 saturated heterocycles. The number of hydrogen-bond acceptors (Lipinski definition) is 8. The molecule has 1 atom stereocenters. The third kappa shape index (κ3) is 6.10. The Morgan fingerprint density at radius 2 is 1.92 bits per heavy atom. The molecule has 10 nitrogen and oxygen atoms in total. The lowest BCUT2D eigenvalue weighted by atomic mass is 9.83. The van der Waals surface area contributed by atoms with Gasteiger partial charge in [-0.2, -0.15) is 0 Å². The Morgan fingerprint density at radius 1 is 1.24 bits per heavy atom. The van der Waals surface area contributed by atoms with Crippen molar-refractivity contribution in [1.29, 1.82) is 0 Å². The summed E-state index contributed by atoms with van der Waals surface area (Å²) in [6, 6.07) is 4.34. The number of carbonyl (C=O) groups excluding carboxylic acids is 2. The molecule has 1 saturated carbocycles. The Morgan fingerprint density at radius 3 is 2.45 bits per heavy atom. The zero-order valence-electron chi connectivity index (χ0n) is 23.1. The van der Waals surface area contributed by atoms with Crippen molar-refractivity contribution < 1.29 is 28.7 Å². The minimum absolute atomic E-state index is 0.0952. The van der Waals surface area contributed by atoms with E-state index in [0.29, 0.717) is 18.0 Å². The van der Waals surface area contributed by atoms with Crippen molar-refractivity contribution >= 4 is 29.4 Å². The molecule has 0 N–H and O–H groups in total. The van der Waals surface area contributed by atoms with E-state index in [1.165, 1.54) is 17.8 Å². The summed E-state index contributed by atoms with van der Waals surface area (Å²) >= 11 is 1.42. The molecule has 2 aliphatic heterocycles. The first-order valence-corrected chi connectivity index (χ1v) is 14.2. The third-order valence-corrected chi connectivity index (χ3v) is 8.78. The smallest absolute Gasteiger partial charge is 0.410 e. The number of nitro groups is 1. The van der Waals surface area contributed by atoms with Gasteiger partial charge >= 0.3 is 6.09 Å². The molecule has 3 fully saturated rings. The monoisotopic (exact) mass is 549 g/mol. The van der Waals surface area contributed by atoms with Crippen LogP contribution in [0.5, 0.6) is 0 Å². The fourth-order valence-electron chi connectivity index (χ4n) is 5.26. The molecule has 0 unspecified atom stereocenters. The van der Waals surface area contributed by atoms with Crippen LogP contribution in [-0.2, 0) is 14.2 Å². The number of ether oxygens (including phenoxy) is 3. The summed E-state index contributed by atoms with van der Waals surface area (Å²) in [6.45, 7) is 12.1. The molecule has 2 heterocycles. The molecule has 3 aliphatic rings. The normalized spacial score (nSPS) is 24.8. The largest absolute Gasteiger partial charge is 0.444 e. The van der Waals surface area contributed by atoms with Crippen molar-refractivity contribution in [3.8, 4) is 0 Å². The number of nitrogens with zero attached hydrogens (tertiary/aromatic N) is 3.